The Bertz CT molecular complexity index is 528. The molecule has 0 aliphatic carbocycles. The van der Waals surface area contributed by atoms with Crippen LogP contribution in [0.25, 0.3) is 0 Å². The summed E-state index contributed by atoms with van der Waals surface area (Å²) in [7, 11) is 0. The smallest absolute Gasteiger partial charge is 0.278 e. The molecule has 0 amide bonds. The summed E-state index contributed by atoms with van der Waals surface area (Å²) in [6.45, 7) is 1.38. The predicted molar refractivity (Wildman–Crippen MR) is 69.7 cm³/mol. The molecule has 7 heteroatoms. The van der Waals surface area contributed by atoms with Gasteiger partial charge >= 0.3 is 0 Å². The zero-order valence-corrected chi connectivity index (χ0v) is 10.9. The van der Waals surface area contributed by atoms with Crippen LogP contribution in [0.15, 0.2) is 12.1 Å². The quantitative estimate of drug-likeness (QED) is 0.669. The summed E-state index contributed by atoms with van der Waals surface area (Å²) >= 11 is 0. The largest absolute Gasteiger partial charge is 0.454 e. The Balaban J connectivity index is 1.96. The van der Waals surface area contributed by atoms with Crippen LogP contribution in [0.3, 0.4) is 0 Å². The second kappa shape index (κ2) is 5.26. The molecular formula is C13H16N2O5. The Morgan fingerprint density at radius 1 is 1.25 bits per heavy atom. The van der Waals surface area contributed by atoms with Crippen LogP contribution in [0, 0.1) is 16.0 Å². The fourth-order valence-corrected chi connectivity index (χ4v) is 2.70. The highest BCUT2D eigenvalue weighted by Gasteiger charge is 2.31. The number of hydrogen-bond acceptors (Lipinski definition) is 6. The van der Waals surface area contributed by atoms with Crippen LogP contribution in [-0.2, 0) is 4.74 Å². The predicted octanol–water partition coefficient (Wildman–Crippen LogP) is 1.75. The van der Waals surface area contributed by atoms with Crippen LogP contribution < -0.4 is 15.2 Å². The van der Waals surface area contributed by atoms with Gasteiger partial charge in [0.05, 0.1) is 16.6 Å². The fourth-order valence-electron chi connectivity index (χ4n) is 2.70. The van der Waals surface area contributed by atoms with Gasteiger partial charge in [-0.3, -0.25) is 10.1 Å². The van der Waals surface area contributed by atoms with Crippen LogP contribution in [0.2, 0.25) is 0 Å². The number of nitro groups is 1. The first-order valence-electron chi connectivity index (χ1n) is 6.58. The molecule has 0 bridgehead atoms. The molecule has 2 aliphatic rings. The third kappa shape index (κ3) is 2.30. The van der Waals surface area contributed by atoms with E-state index < -0.39 is 11.0 Å². The second-order valence-electron chi connectivity index (χ2n) is 5.00. The number of fused-ring (bicyclic) bond motifs is 1. The van der Waals surface area contributed by atoms with Gasteiger partial charge in [-0.2, -0.15) is 0 Å². The number of nitro benzene ring substituents is 1. The van der Waals surface area contributed by atoms with Crippen LogP contribution in [0.5, 0.6) is 11.5 Å². The normalized spacial score (nSPS) is 19.9. The van der Waals surface area contributed by atoms with E-state index in [1.54, 1.807) is 6.07 Å². The molecule has 1 aromatic rings. The summed E-state index contributed by atoms with van der Waals surface area (Å²) < 4.78 is 15.8. The van der Waals surface area contributed by atoms with Crippen LogP contribution in [-0.4, -0.2) is 24.9 Å². The minimum absolute atomic E-state index is 0.00626. The molecule has 0 radical (unpaired) electrons. The van der Waals surface area contributed by atoms with E-state index in [0.29, 0.717) is 30.3 Å². The third-order valence-electron chi connectivity index (χ3n) is 3.85. The maximum absolute atomic E-state index is 11.2. The highest BCUT2D eigenvalue weighted by Crippen LogP contribution is 2.42. The summed E-state index contributed by atoms with van der Waals surface area (Å²) in [6, 6.07) is 2.64. The number of ether oxygens (including phenoxy) is 3. The van der Waals surface area contributed by atoms with Gasteiger partial charge in [0.25, 0.3) is 5.69 Å². The highest BCUT2D eigenvalue weighted by atomic mass is 16.7. The monoisotopic (exact) mass is 280 g/mol. The average molecular weight is 280 g/mol. The molecule has 20 heavy (non-hydrogen) atoms. The lowest BCUT2D eigenvalue weighted by Crippen LogP contribution is -2.28. The second-order valence-corrected chi connectivity index (χ2v) is 5.00. The summed E-state index contributed by atoms with van der Waals surface area (Å²) in [5.41, 5.74) is 6.75. The van der Waals surface area contributed by atoms with Crippen LogP contribution in [0.4, 0.5) is 5.69 Å². The van der Waals surface area contributed by atoms with Gasteiger partial charge in [0.15, 0.2) is 11.5 Å². The van der Waals surface area contributed by atoms with Crippen molar-refractivity contribution in [3.63, 3.8) is 0 Å². The zero-order valence-electron chi connectivity index (χ0n) is 10.9. The van der Waals surface area contributed by atoms with Crippen LogP contribution in [0.1, 0.15) is 24.4 Å². The molecule has 3 rings (SSSR count). The van der Waals surface area contributed by atoms with Crippen molar-refractivity contribution in [2.24, 2.45) is 11.7 Å². The molecule has 2 aliphatic heterocycles. The minimum Gasteiger partial charge on any atom is -0.454 e. The SMILES string of the molecule is N[C@H](c1cc2c(cc1[N+](=O)[O-])OCO2)C1CCOCC1. The van der Waals surface area contributed by atoms with E-state index in [2.05, 4.69) is 0 Å². The molecule has 1 saturated heterocycles. The van der Waals surface area contributed by atoms with Crippen molar-refractivity contribution in [2.75, 3.05) is 20.0 Å². The summed E-state index contributed by atoms with van der Waals surface area (Å²) in [5, 5.41) is 11.2. The standard InChI is InChI=1S/C13H16N2O5/c14-13(8-1-3-18-4-2-8)9-5-11-12(20-7-19-11)6-10(9)15(16)17/h5-6,8,13H,1-4,7,14H2/t13-/m0/s1. The Morgan fingerprint density at radius 3 is 2.55 bits per heavy atom. The lowest BCUT2D eigenvalue weighted by molar-refractivity contribution is -0.385. The molecule has 0 unspecified atom stereocenters. The molecular weight excluding hydrogens is 264 g/mol. The van der Waals surface area contributed by atoms with Crippen molar-refractivity contribution in [3.05, 3.63) is 27.8 Å². The van der Waals surface area contributed by atoms with E-state index in [-0.39, 0.29) is 18.4 Å². The van der Waals surface area contributed by atoms with Crippen molar-refractivity contribution in [1.29, 1.82) is 0 Å². The van der Waals surface area contributed by atoms with Gasteiger partial charge in [-0.15, -0.1) is 0 Å². The molecule has 1 fully saturated rings. The van der Waals surface area contributed by atoms with Gasteiger partial charge in [-0.1, -0.05) is 0 Å². The molecule has 108 valence electrons. The molecule has 7 nitrogen and oxygen atoms in total. The molecule has 1 atom stereocenters. The first-order chi connectivity index (χ1) is 9.66. The number of rotatable bonds is 3. The van der Waals surface area contributed by atoms with E-state index >= 15 is 0 Å². The summed E-state index contributed by atoms with van der Waals surface area (Å²) in [6.07, 6.45) is 1.62. The van der Waals surface area contributed by atoms with Crippen molar-refractivity contribution < 1.29 is 19.1 Å². The molecule has 2 N–H and O–H groups in total. The maximum atomic E-state index is 11.2. The van der Waals surface area contributed by atoms with E-state index in [0.717, 1.165) is 12.8 Å². The van der Waals surface area contributed by atoms with E-state index in [4.69, 9.17) is 19.9 Å². The Labute approximate surface area is 115 Å². The number of nitrogens with zero attached hydrogens (tertiary/aromatic N) is 1. The van der Waals surface area contributed by atoms with E-state index in [9.17, 15) is 10.1 Å². The summed E-state index contributed by atoms with van der Waals surface area (Å²) in [4.78, 5) is 10.8. The van der Waals surface area contributed by atoms with Gasteiger partial charge in [-0.05, 0) is 24.8 Å². The molecule has 0 saturated carbocycles. The minimum atomic E-state index is -0.420. The van der Waals surface area contributed by atoms with Gasteiger partial charge in [0.1, 0.15) is 0 Å². The van der Waals surface area contributed by atoms with Gasteiger partial charge in [-0.25, -0.2) is 0 Å². The number of benzene rings is 1. The van der Waals surface area contributed by atoms with Gasteiger partial charge in [0, 0.05) is 19.3 Å². The molecule has 2 heterocycles. The number of nitrogens with two attached hydrogens (primary N) is 1. The van der Waals surface area contributed by atoms with Crippen molar-refractivity contribution in [1.82, 2.24) is 0 Å². The van der Waals surface area contributed by atoms with Crippen molar-refractivity contribution >= 4 is 5.69 Å². The Kier molecular flexibility index (Phi) is 3.45. The lowest BCUT2D eigenvalue weighted by Gasteiger charge is -2.27. The Hall–Kier alpha value is -1.86. The average Bonchev–Trinajstić information content (AvgIpc) is 2.93. The van der Waals surface area contributed by atoms with Crippen molar-refractivity contribution in [2.45, 2.75) is 18.9 Å². The lowest BCUT2D eigenvalue weighted by atomic mass is 9.87. The molecule has 0 aromatic heterocycles. The first kappa shape index (κ1) is 13.1. The Morgan fingerprint density at radius 2 is 1.90 bits per heavy atom. The molecule has 0 spiro atoms. The van der Waals surface area contributed by atoms with E-state index in [1.165, 1.54) is 6.07 Å². The third-order valence-corrected chi connectivity index (χ3v) is 3.85. The van der Waals surface area contributed by atoms with Crippen molar-refractivity contribution in [3.8, 4) is 11.5 Å². The first-order valence-corrected chi connectivity index (χ1v) is 6.58. The van der Waals surface area contributed by atoms with Crippen LogP contribution >= 0.6 is 0 Å². The number of hydrogen-bond donors (Lipinski definition) is 1. The highest BCUT2D eigenvalue weighted by molar-refractivity contribution is 5.56. The summed E-state index contributed by atoms with van der Waals surface area (Å²) in [5.74, 6) is 1.11. The molecule has 1 aromatic carbocycles. The van der Waals surface area contributed by atoms with E-state index in [1.807, 2.05) is 0 Å². The maximum Gasteiger partial charge on any atom is 0.278 e. The van der Waals surface area contributed by atoms with Gasteiger partial charge in [0.2, 0.25) is 6.79 Å². The zero-order chi connectivity index (χ0) is 14.1. The fraction of sp³-hybridized carbons (Fsp3) is 0.538. The van der Waals surface area contributed by atoms with Gasteiger partial charge < -0.3 is 19.9 Å². The topological polar surface area (TPSA) is 96.9 Å².